The van der Waals surface area contributed by atoms with Gasteiger partial charge in [-0.2, -0.15) is 0 Å². The first-order valence-corrected chi connectivity index (χ1v) is 25.7. The Morgan fingerprint density at radius 1 is 0.491 bits per heavy atom. The molecule has 0 aliphatic carbocycles. The first-order valence-electron chi connectivity index (χ1n) is 25.7. The van der Waals surface area contributed by atoms with E-state index in [0.717, 1.165) is 103 Å². The quantitative estimate of drug-likeness (QED) is 0.0489. The van der Waals surface area contributed by atoms with Gasteiger partial charge in [-0.15, -0.1) is 0 Å². The summed E-state index contributed by atoms with van der Waals surface area (Å²) in [6.45, 7) is 12.8. The third-order valence-corrected chi connectivity index (χ3v) is 13.2. The monoisotopic (exact) mass is 806 g/mol. The Kier molecular flexibility index (Phi) is 36.9. The number of likely N-dealkylation sites (tertiary alicyclic amines) is 1. The van der Waals surface area contributed by atoms with Gasteiger partial charge in [-0.05, 0) is 109 Å². The Morgan fingerprint density at radius 2 is 0.860 bits per heavy atom. The summed E-state index contributed by atoms with van der Waals surface area (Å²) in [5, 5.41) is 9.35. The van der Waals surface area contributed by atoms with E-state index in [9.17, 15) is 14.7 Å². The van der Waals surface area contributed by atoms with E-state index in [1.54, 1.807) is 0 Å². The van der Waals surface area contributed by atoms with Gasteiger partial charge in [0, 0.05) is 12.1 Å². The molecule has 6 nitrogen and oxygen atoms in total. The van der Waals surface area contributed by atoms with Crippen LogP contribution in [-0.2, 0) is 19.1 Å². The number of nitrogens with zero attached hydrogens (tertiary/aromatic N) is 1. The second kappa shape index (κ2) is 39.0. The zero-order chi connectivity index (χ0) is 41.5. The molecule has 57 heavy (non-hydrogen) atoms. The molecule has 2 atom stereocenters. The number of carbonyl (C=O) groups excluding carboxylic acids is 2. The van der Waals surface area contributed by atoms with E-state index in [0.29, 0.717) is 13.2 Å². The predicted octanol–water partition coefficient (Wildman–Crippen LogP) is 14.9. The van der Waals surface area contributed by atoms with Crippen LogP contribution in [0.4, 0.5) is 0 Å². The highest BCUT2D eigenvalue weighted by molar-refractivity contribution is 5.72. The average Bonchev–Trinajstić information content (AvgIpc) is 3.61. The lowest BCUT2D eigenvalue weighted by Crippen LogP contribution is -2.44. The molecule has 1 heterocycles. The molecule has 338 valence electrons. The van der Waals surface area contributed by atoms with Gasteiger partial charge in [0.2, 0.25) is 0 Å². The fourth-order valence-corrected chi connectivity index (χ4v) is 9.41. The number of esters is 2. The summed E-state index contributed by atoms with van der Waals surface area (Å²) in [6.07, 6.45) is 43.5. The van der Waals surface area contributed by atoms with Crippen LogP contribution in [0, 0.1) is 11.8 Å². The smallest absolute Gasteiger partial charge is 0.308 e. The molecule has 1 aliphatic rings. The first-order chi connectivity index (χ1) is 28.0. The zero-order valence-corrected chi connectivity index (χ0v) is 38.9. The van der Waals surface area contributed by atoms with Crippen molar-refractivity contribution in [1.82, 2.24) is 4.90 Å². The van der Waals surface area contributed by atoms with Crippen LogP contribution < -0.4 is 0 Å². The van der Waals surface area contributed by atoms with Crippen molar-refractivity contribution in [3.05, 3.63) is 0 Å². The van der Waals surface area contributed by atoms with E-state index >= 15 is 0 Å². The molecule has 1 fully saturated rings. The van der Waals surface area contributed by atoms with E-state index in [4.69, 9.17) is 9.47 Å². The number of rotatable bonds is 43. The van der Waals surface area contributed by atoms with E-state index < -0.39 is 0 Å². The molecule has 0 bridgehead atoms. The third-order valence-electron chi connectivity index (χ3n) is 13.2. The van der Waals surface area contributed by atoms with Crippen molar-refractivity contribution in [1.29, 1.82) is 0 Å². The molecular weight excluding hydrogens is 707 g/mol. The number of aliphatic hydroxyl groups excluding tert-OH is 1. The van der Waals surface area contributed by atoms with Gasteiger partial charge in [-0.25, -0.2) is 0 Å². The zero-order valence-electron chi connectivity index (χ0n) is 38.9. The summed E-state index contributed by atoms with van der Waals surface area (Å²) in [7, 11) is 0. The third kappa shape index (κ3) is 28.1. The lowest BCUT2D eigenvalue weighted by atomic mass is 9.84. The summed E-state index contributed by atoms with van der Waals surface area (Å²) in [5.41, 5.74) is 0.258. The predicted molar refractivity (Wildman–Crippen MR) is 244 cm³/mol. The maximum absolute atomic E-state index is 13.2. The normalized spacial score (nSPS) is 16.9. The highest BCUT2D eigenvalue weighted by Crippen LogP contribution is 2.39. The van der Waals surface area contributed by atoms with Gasteiger partial charge in [0.1, 0.15) is 0 Å². The van der Waals surface area contributed by atoms with Crippen molar-refractivity contribution < 1.29 is 24.2 Å². The van der Waals surface area contributed by atoms with Gasteiger partial charge < -0.3 is 14.6 Å². The molecular formula is C51H99NO5. The van der Waals surface area contributed by atoms with Crippen molar-refractivity contribution in [2.75, 3.05) is 32.9 Å². The highest BCUT2D eigenvalue weighted by Gasteiger charge is 2.39. The number of carbonyl (C=O) groups is 2. The molecule has 0 saturated carbocycles. The van der Waals surface area contributed by atoms with E-state index in [1.807, 2.05) is 0 Å². The van der Waals surface area contributed by atoms with Gasteiger partial charge in [-0.3, -0.25) is 14.5 Å². The second-order valence-electron chi connectivity index (χ2n) is 18.3. The van der Waals surface area contributed by atoms with Gasteiger partial charge in [0.15, 0.2) is 0 Å². The standard InChI is InChI=1S/C51H99NO5/c1-5-9-13-17-19-26-37-47(35-24-15-11-7-3)49(54)56-45-32-21-28-39-51(41-34-43-52(51)42-30-23-31-44-53)40-29-22-33-46-57-50(55)48(36-25-16-12-8-4)38-27-20-18-14-10-6-2/h47-48,53H,5-46H2,1-4H3. The Bertz CT molecular complexity index is 839. The number of hydrogen-bond donors (Lipinski definition) is 1. The Morgan fingerprint density at radius 3 is 1.28 bits per heavy atom. The lowest BCUT2D eigenvalue weighted by Gasteiger charge is -2.39. The van der Waals surface area contributed by atoms with Crippen molar-refractivity contribution in [3.63, 3.8) is 0 Å². The van der Waals surface area contributed by atoms with Gasteiger partial charge in [0.25, 0.3) is 0 Å². The summed E-state index contributed by atoms with van der Waals surface area (Å²) in [4.78, 5) is 29.2. The molecule has 0 spiro atoms. The van der Waals surface area contributed by atoms with Gasteiger partial charge in [0.05, 0.1) is 25.0 Å². The summed E-state index contributed by atoms with van der Waals surface area (Å²) < 4.78 is 11.9. The second-order valence-corrected chi connectivity index (χ2v) is 18.3. The average molecular weight is 806 g/mol. The number of ether oxygens (including phenoxy) is 2. The van der Waals surface area contributed by atoms with Crippen LogP contribution in [0.5, 0.6) is 0 Å². The van der Waals surface area contributed by atoms with Crippen LogP contribution in [-0.4, -0.2) is 60.4 Å². The van der Waals surface area contributed by atoms with Crippen molar-refractivity contribution in [2.45, 2.75) is 271 Å². The molecule has 1 saturated heterocycles. The van der Waals surface area contributed by atoms with Crippen LogP contribution in [0.2, 0.25) is 0 Å². The van der Waals surface area contributed by atoms with Crippen LogP contribution >= 0.6 is 0 Å². The highest BCUT2D eigenvalue weighted by atomic mass is 16.5. The van der Waals surface area contributed by atoms with E-state index in [1.165, 1.54) is 148 Å². The van der Waals surface area contributed by atoms with Crippen LogP contribution in [0.3, 0.4) is 0 Å². The summed E-state index contributed by atoms with van der Waals surface area (Å²) in [6, 6.07) is 0. The van der Waals surface area contributed by atoms with Crippen molar-refractivity contribution >= 4 is 11.9 Å². The van der Waals surface area contributed by atoms with Gasteiger partial charge in [-0.1, -0.05) is 169 Å². The number of hydrogen-bond acceptors (Lipinski definition) is 6. The van der Waals surface area contributed by atoms with E-state index in [2.05, 4.69) is 32.6 Å². The summed E-state index contributed by atoms with van der Waals surface area (Å²) >= 11 is 0. The largest absolute Gasteiger partial charge is 0.465 e. The fraction of sp³-hybridized carbons (Fsp3) is 0.961. The van der Waals surface area contributed by atoms with Gasteiger partial charge >= 0.3 is 11.9 Å². The molecule has 0 aromatic heterocycles. The Hall–Kier alpha value is -1.14. The Balaban J connectivity index is 2.59. The molecule has 0 aromatic rings. The molecule has 1 rings (SSSR count). The maximum atomic E-state index is 13.2. The molecule has 1 N–H and O–H groups in total. The maximum Gasteiger partial charge on any atom is 0.308 e. The summed E-state index contributed by atoms with van der Waals surface area (Å²) in [5.74, 6) is 0.291. The van der Waals surface area contributed by atoms with Crippen LogP contribution in [0.25, 0.3) is 0 Å². The molecule has 0 radical (unpaired) electrons. The Labute approximate surface area is 355 Å². The van der Waals surface area contributed by atoms with E-state index in [-0.39, 0.29) is 35.9 Å². The lowest BCUT2D eigenvalue weighted by molar-refractivity contribution is -0.150. The minimum Gasteiger partial charge on any atom is -0.465 e. The molecule has 1 aliphatic heterocycles. The molecule has 2 unspecified atom stereocenters. The van der Waals surface area contributed by atoms with Crippen molar-refractivity contribution in [2.24, 2.45) is 11.8 Å². The number of unbranched alkanes of at least 4 members (excludes halogenated alkanes) is 22. The van der Waals surface area contributed by atoms with Crippen molar-refractivity contribution in [3.8, 4) is 0 Å². The first kappa shape index (κ1) is 53.9. The topological polar surface area (TPSA) is 76.1 Å². The molecule has 0 aromatic carbocycles. The molecule has 0 amide bonds. The minimum absolute atomic E-state index is 0.0624. The SMILES string of the molecule is CCCCCCCCC(CCCCCC)C(=O)OCCCCCC1(CCCCCOC(=O)C(CCCCCC)CCCCCCCC)CCCN1CCCCCO. The van der Waals surface area contributed by atoms with Crippen LogP contribution in [0.15, 0.2) is 0 Å². The fourth-order valence-electron chi connectivity index (χ4n) is 9.41. The molecule has 6 heteroatoms. The number of aliphatic hydroxyl groups is 1. The minimum atomic E-state index is 0.0624. The van der Waals surface area contributed by atoms with Crippen LogP contribution in [0.1, 0.15) is 265 Å².